The van der Waals surface area contributed by atoms with Crippen molar-refractivity contribution in [3.8, 4) is 0 Å². The highest BCUT2D eigenvalue weighted by Crippen LogP contribution is 2.27. The van der Waals surface area contributed by atoms with Gasteiger partial charge in [-0.1, -0.05) is 12.1 Å². The molecule has 1 aromatic carbocycles. The van der Waals surface area contributed by atoms with E-state index in [4.69, 9.17) is 9.47 Å². The van der Waals surface area contributed by atoms with Gasteiger partial charge >= 0.3 is 5.97 Å². The van der Waals surface area contributed by atoms with Crippen LogP contribution >= 0.6 is 0 Å². The molecule has 0 aliphatic carbocycles. The average Bonchev–Trinajstić information content (AvgIpc) is 2.46. The normalized spacial score (nSPS) is 11.7. The number of methoxy groups -OCH3 is 1. The molecule has 0 saturated heterocycles. The lowest BCUT2D eigenvalue weighted by Gasteiger charge is -2.15. The molecule has 0 radical (unpaired) electrons. The number of nitro benzene ring substituents is 1. The van der Waals surface area contributed by atoms with Gasteiger partial charge in [-0.2, -0.15) is 0 Å². The number of esters is 1. The quantitative estimate of drug-likeness (QED) is 0.414. The highest BCUT2D eigenvalue weighted by Gasteiger charge is 2.22. The summed E-state index contributed by atoms with van der Waals surface area (Å²) in [6.45, 7) is 1.25. The number of ketones is 1. The maximum absolute atomic E-state index is 11.5. The van der Waals surface area contributed by atoms with E-state index >= 15 is 0 Å². The molecule has 7 heteroatoms. The van der Waals surface area contributed by atoms with E-state index in [0.717, 1.165) is 0 Å². The zero-order chi connectivity index (χ0) is 15.8. The third kappa shape index (κ3) is 5.31. The Hall–Kier alpha value is -2.28. The van der Waals surface area contributed by atoms with E-state index in [1.54, 1.807) is 18.2 Å². The maximum Gasteiger partial charge on any atom is 0.306 e. The van der Waals surface area contributed by atoms with Gasteiger partial charge in [0, 0.05) is 19.6 Å². The summed E-state index contributed by atoms with van der Waals surface area (Å²) in [6, 6.07) is 6.10. The maximum atomic E-state index is 11.5. The highest BCUT2D eigenvalue weighted by atomic mass is 16.6. The Morgan fingerprint density at radius 3 is 2.52 bits per heavy atom. The van der Waals surface area contributed by atoms with E-state index in [-0.39, 0.29) is 30.9 Å². The van der Waals surface area contributed by atoms with E-state index in [2.05, 4.69) is 0 Å². The molecular weight excluding hydrogens is 278 g/mol. The van der Waals surface area contributed by atoms with E-state index in [1.165, 1.54) is 20.1 Å². The Labute approximate surface area is 122 Å². The summed E-state index contributed by atoms with van der Waals surface area (Å²) in [5.74, 6) is -0.639. The van der Waals surface area contributed by atoms with Gasteiger partial charge in [0.2, 0.25) is 0 Å². The zero-order valence-electron chi connectivity index (χ0n) is 11.9. The molecule has 1 aromatic rings. The van der Waals surface area contributed by atoms with Gasteiger partial charge in [-0.3, -0.25) is 14.9 Å². The molecule has 0 aliphatic rings. The van der Waals surface area contributed by atoms with Gasteiger partial charge in [0.25, 0.3) is 5.69 Å². The number of carbonyl (C=O) groups is 2. The number of nitrogens with zero attached hydrogens (tertiary/aromatic N) is 1. The second-order valence-corrected chi connectivity index (χ2v) is 4.43. The lowest BCUT2D eigenvalue weighted by molar-refractivity contribution is -0.386. The number of hydrogen-bond acceptors (Lipinski definition) is 6. The fourth-order valence-electron chi connectivity index (χ4n) is 1.73. The van der Waals surface area contributed by atoms with Crippen LogP contribution in [0.15, 0.2) is 24.3 Å². The summed E-state index contributed by atoms with van der Waals surface area (Å²) in [7, 11) is 1.38. The molecule has 1 atom stereocenters. The molecule has 1 unspecified atom stereocenters. The van der Waals surface area contributed by atoms with Crippen molar-refractivity contribution in [1.82, 2.24) is 0 Å². The van der Waals surface area contributed by atoms with Crippen molar-refractivity contribution in [1.29, 1.82) is 0 Å². The molecule has 0 spiro atoms. The third-order valence-corrected chi connectivity index (χ3v) is 2.84. The molecule has 0 N–H and O–H groups in total. The lowest BCUT2D eigenvalue weighted by Crippen LogP contribution is -2.16. The molecule has 0 aromatic heterocycles. The average molecular weight is 295 g/mol. The van der Waals surface area contributed by atoms with Crippen LogP contribution < -0.4 is 0 Å². The van der Waals surface area contributed by atoms with Crippen molar-refractivity contribution in [2.75, 3.05) is 13.7 Å². The van der Waals surface area contributed by atoms with Gasteiger partial charge in [0.1, 0.15) is 18.5 Å². The predicted octanol–water partition coefficient (Wildman–Crippen LogP) is 2.19. The second-order valence-electron chi connectivity index (χ2n) is 4.43. The first-order chi connectivity index (χ1) is 9.95. The van der Waals surface area contributed by atoms with Crippen LogP contribution in [0.5, 0.6) is 0 Å². The third-order valence-electron chi connectivity index (χ3n) is 2.84. The molecule has 0 saturated carbocycles. The van der Waals surface area contributed by atoms with Crippen molar-refractivity contribution < 1.29 is 24.0 Å². The number of Topliss-reactive ketones (excluding diaryl/α,β-unsaturated/α-hetero) is 1. The number of nitro groups is 1. The number of ether oxygens (including phenoxy) is 2. The topological polar surface area (TPSA) is 95.7 Å². The number of para-hydroxylation sites is 1. The van der Waals surface area contributed by atoms with Gasteiger partial charge in [-0.15, -0.1) is 0 Å². The fourth-order valence-corrected chi connectivity index (χ4v) is 1.73. The van der Waals surface area contributed by atoms with Crippen LogP contribution in [0.3, 0.4) is 0 Å². The van der Waals surface area contributed by atoms with Gasteiger partial charge in [0.15, 0.2) is 0 Å². The molecule has 0 heterocycles. The van der Waals surface area contributed by atoms with E-state index in [0.29, 0.717) is 5.56 Å². The first-order valence-electron chi connectivity index (χ1n) is 6.37. The molecule has 0 amide bonds. The molecule has 114 valence electrons. The van der Waals surface area contributed by atoms with E-state index in [1.807, 2.05) is 0 Å². The Morgan fingerprint density at radius 1 is 1.29 bits per heavy atom. The standard InChI is InChI=1S/C14H17NO6/c1-10(16)7-8-14(17)21-9-13(20-2)11-5-3-4-6-12(11)15(18)19/h3-6,13H,7-9H2,1-2H3. The molecule has 0 aliphatic heterocycles. The van der Waals surface area contributed by atoms with Crippen LogP contribution in [-0.2, 0) is 19.1 Å². The molecule has 0 fully saturated rings. The Morgan fingerprint density at radius 2 is 1.95 bits per heavy atom. The summed E-state index contributed by atoms with van der Waals surface area (Å²) in [5.41, 5.74) is 0.244. The minimum absolute atomic E-state index is 0.0113. The smallest absolute Gasteiger partial charge is 0.306 e. The molecule has 1 rings (SSSR count). The van der Waals surface area contributed by atoms with Gasteiger partial charge in [0.05, 0.1) is 16.9 Å². The van der Waals surface area contributed by atoms with Crippen LogP contribution in [0.2, 0.25) is 0 Å². The molecule has 0 bridgehead atoms. The number of hydrogen-bond donors (Lipinski definition) is 0. The highest BCUT2D eigenvalue weighted by molar-refractivity contribution is 5.80. The van der Waals surface area contributed by atoms with Crippen LogP contribution in [-0.4, -0.2) is 30.4 Å². The summed E-state index contributed by atoms with van der Waals surface area (Å²) in [5, 5.41) is 11.0. The van der Waals surface area contributed by atoms with Gasteiger partial charge in [-0.25, -0.2) is 0 Å². The van der Waals surface area contributed by atoms with Crippen LogP contribution in [0.1, 0.15) is 31.4 Å². The molecular formula is C14H17NO6. The van der Waals surface area contributed by atoms with E-state index in [9.17, 15) is 19.7 Å². The molecule has 21 heavy (non-hydrogen) atoms. The summed E-state index contributed by atoms with van der Waals surface area (Å²) >= 11 is 0. The number of carbonyl (C=O) groups excluding carboxylic acids is 2. The van der Waals surface area contributed by atoms with Crippen molar-refractivity contribution in [2.45, 2.75) is 25.9 Å². The first-order valence-corrected chi connectivity index (χ1v) is 6.37. The Kier molecular flexibility index (Phi) is 6.48. The first kappa shape index (κ1) is 16.8. The predicted molar refractivity (Wildman–Crippen MR) is 73.7 cm³/mol. The van der Waals surface area contributed by atoms with Crippen LogP contribution in [0.25, 0.3) is 0 Å². The summed E-state index contributed by atoms with van der Waals surface area (Å²) in [4.78, 5) is 32.7. The van der Waals surface area contributed by atoms with Gasteiger partial charge in [-0.05, 0) is 13.0 Å². The van der Waals surface area contributed by atoms with Crippen molar-refractivity contribution in [3.63, 3.8) is 0 Å². The van der Waals surface area contributed by atoms with Crippen molar-refractivity contribution in [2.24, 2.45) is 0 Å². The lowest BCUT2D eigenvalue weighted by atomic mass is 10.1. The Balaban J connectivity index is 2.69. The molecule has 7 nitrogen and oxygen atoms in total. The SMILES string of the molecule is COC(COC(=O)CCC(C)=O)c1ccccc1[N+](=O)[O-]. The monoisotopic (exact) mass is 295 g/mol. The van der Waals surface area contributed by atoms with Gasteiger partial charge < -0.3 is 14.3 Å². The second kappa shape index (κ2) is 8.11. The zero-order valence-corrected chi connectivity index (χ0v) is 11.9. The largest absolute Gasteiger partial charge is 0.463 e. The number of benzene rings is 1. The Bertz CT molecular complexity index is 528. The number of rotatable bonds is 8. The minimum Gasteiger partial charge on any atom is -0.463 e. The summed E-state index contributed by atoms with van der Waals surface area (Å²) < 4.78 is 10.2. The minimum atomic E-state index is -0.729. The fraction of sp³-hybridized carbons (Fsp3) is 0.429. The van der Waals surface area contributed by atoms with E-state index < -0.39 is 17.0 Å². The van der Waals surface area contributed by atoms with Crippen LogP contribution in [0.4, 0.5) is 5.69 Å². The van der Waals surface area contributed by atoms with Crippen molar-refractivity contribution in [3.05, 3.63) is 39.9 Å². The van der Waals surface area contributed by atoms with Crippen molar-refractivity contribution >= 4 is 17.4 Å². The van der Waals surface area contributed by atoms with Crippen LogP contribution in [0, 0.1) is 10.1 Å². The summed E-state index contributed by atoms with van der Waals surface area (Å²) in [6.07, 6.45) is -0.627.